The fraction of sp³-hybridized carbons (Fsp3) is 0.533. The molecule has 3 rings (SSSR count). The fourth-order valence-electron chi connectivity index (χ4n) is 2.83. The van der Waals surface area contributed by atoms with Crippen LogP contribution in [0.1, 0.15) is 36.8 Å². The molecule has 0 unspecified atom stereocenters. The number of carbonyl (C=O) groups is 1. The number of hydrogen-bond donors (Lipinski definition) is 0. The van der Waals surface area contributed by atoms with E-state index >= 15 is 0 Å². The third-order valence-corrected chi connectivity index (χ3v) is 4.18. The van der Waals surface area contributed by atoms with Crippen LogP contribution in [0.3, 0.4) is 0 Å². The van der Waals surface area contributed by atoms with Gasteiger partial charge in [0.05, 0.1) is 0 Å². The molecule has 90 valence electrons. The van der Waals surface area contributed by atoms with E-state index < -0.39 is 0 Å². The summed E-state index contributed by atoms with van der Waals surface area (Å²) in [6, 6.07) is 8.84. The zero-order chi connectivity index (χ0) is 11.9. The third-order valence-electron chi connectivity index (χ3n) is 4.18. The lowest BCUT2D eigenvalue weighted by Gasteiger charge is -2.23. The van der Waals surface area contributed by atoms with Crippen molar-refractivity contribution >= 4 is 5.91 Å². The summed E-state index contributed by atoms with van der Waals surface area (Å²) in [5.74, 6) is 0.350. The number of likely N-dealkylation sites (tertiary alicyclic amines) is 1. The Kier molecular flexibility index (Phi) is 2.46. The molecule has 2 heteroatoms. The maximum Gasteiger partial charge on any atom is 0.222 e. The van der Waals surface area contributed by atoms with Crippen LogP contribution in [-0.2, 0) is 10.2 Å². The molecule has 1 aromatic rings. The molecule has 0 atom stereocenters. The van der Waals surface area contributed by atoms with Crippen molar-refractivity contribution in [1.82, 2.24) is 4.90 Å². The minimum atomic E-state index is 0.285. The summed E-state index contributed by atoms with van der Waals surface area (Å²) in [6.45, 7) is 4.02. The Hall–Kier alpha value is -1.31. The largest absolute Gasteiger partial charge is 0.342 e. The monoisotopic (exact) mass is 229 g/mol. The van der Waals surface area contributed by atoms with Crippen LogP contribution in [0.4, 0.5) is 0 Å². The lowest BCUT2D eigenvalue weighted by Crippen LogP contribution is -2.33. The van der Waals surface area contributed by atoms with Gasteiger partial charge in [-0.05, 0) is 31.7 Å². The van der Waals surface area contributed by atoms with Gasteiger partial charge in [0.25, 0.3) is 0 Å². The second-order valence-electron chi connectivity index (χ2n) is 5.57. The zero-order valence-corrected chi connectivity index (χ0v) is 10.4. The molecule has 1 saturated heterocycles. The van der Waals surface area contributed by atoms with Crippen LogP contribution in [0.25, 0.3) is 0 Å². The van der Waals surface area contributed by atoms with Gasteiger partial charge in [-0.3, -0.25) is 4.79 Å². The van der Waals surface area contributed by atoms with Crippen molar-refractivity contribution in [1.29, 1.82) is 0 Å². The molecule has 17 heavy (non-hydrogen) atoms. The van der Waals surface area contributed by atoms with Crippen molar-refractivity contribution in [2.45, 2.75) is 38.0 Å². The van der Waals surface area contributed by atoms with Crippen LogP contribution in [-0.4, -0.2) is 23.9 Å². The number of rotatable bonds is 3. The number of hydrogen-bond acceptors (Lipinski definition) is 1. The number of nitrogens with zero attached hydrogens (tertiary/aromatic N) is 1. The Morgan fingerprint density at radius 2 is 1.94 bits per heavy atom. The Morgan fingerprint density at radius 1 is 1.24 bits per heavy atom. The van der Waals surface area contributed by atoms with Gasteiger partial charge in [-0.25, -0.2) is 0 Å². The summed E-state index contributed by atoms with van der Waals surface area (Å²) in [7, 11) is 0. The van der Waals surface area contributed by atoms with E-state index in [0.29, 0.717) is 5.91 Å². The highest BCUT2D eigenvalue weighted by molar-refractivity contribution is 5.78. The highest BCUT2D eigenvalue weighted by Crippen LogP contribution is 2.49. The Bertz CT molecular complexity index is 431. The number of carbonyl (C=O) groups excluding carboxylic acids is 1. The molecule has 2 fully saturated rings. The van der Waals surface area contributed by atoms with Crippen molar-refractivity contribution < 1.29 is 4.79 Å². The van der Waals surface area contributed by atoms with Gasteiger partial charge in [0.1, 0.15) is 0 Å². The zero-order valence-electron chi connectivity index (χ0n) is 10.4. The third kappa shape index (κ3) is 1.97. The average molecular weight is 229 g/mol. The fourth-order valence-corrected chi connectivity index (χ4v) is 2.83. The van der Waals surface area contributed by atoms with Gasteiger partial charge in [-0.1, -0.05) is 29.8 Å². The molecular weight excluding hydrogens is 210 g/mol. The quantitative estimate of drug-likeness (QED) is 0.780. The summed E-state index contributed by atoms with van der Waals surface area (Å²) in [4.78, 5) is 13.8. The molecule has 1 aliphatic heterocycles. The summed E-state index contributed by atoms with van der Waals surface area (Å²) in [6.07, 6.45) is 4.27. The van der Waals surface area contributed by atoms with Crippen molar-refractivity contribution in [2.24, 2.45) is 0 Å². The molecule has 0 aromatic heterocycles. The van der Waals surface area contributed by atoms with Crippen LogP contribution >= 0.6 is 0 Å². The predicted molar refractivity (Wildman–Crippen MR) is 67.9 cm³/mol. The standard InChI is InChI=1S/C15H19NO/c1-12-4-6-13(7-5-12)15(8-9-15)11-16-10-2-3-14(16)17/h4-7H,2-3,8-11H2,1H3. The highest BCUT2D eigenvalue weighted by Gasteiger charge is 2.46. The molecule has 0 bridgehead atoms. The van der Waals surface area contributed by atoms with E-state index in [2.05, 4.69) is 36.1 Å². The first-order valence-corrected chi connectivity index (χ1v) is 6.55. The minimum Gasteiger partial charge on any atom is -0.342 e. The summed E-state index contributed by atoms with van der Waals surface area (Å²) >= 11 is 0. The van der Waals surface area contributed by atoms with Crippen LogP contribution in [0.2, 0.25) is 0 Å². The number of aryl methyl sites for hydroxylation is 1. The lowest BCUT2D eigenvalue weighted by molar-refractivity contribution is -0.128. The molecule has 0 radical (unpaired) electrons. The first-order valence-electron chi connectivity index (χ1n) is 6.55. The van der Waals surface area contributed by atoms with Crippen molar-refractivity contribution in [2.75, 3.05) is 13.1 Å². The maximum atomic E-state index is 11.7. The summed E-state index contributed by atoms with van der Waals surface area (Å²) in [5, 5.41) is 0. The second-order valence-corrected chi connectivity index (χ2v) is 5.57. The van der Waals surface area contributed by atoms with Crippen molar-refractivity contribution in [3.8, 4) is 0 Å². The maximum absolute atomic E-state index is 11.7. The first kappa shape index (κ1) is 10.8. The van der Waals surface area contributed by atoms with Crippen LogP contribution in [0.5, 0.6) is 0 Å². The first-order chi connectivity index (χ1) is 8.20. The van der Waals surface area contributed by atoms with Crippen LogP contribution in [0.15, 0.2) is 24.3 Å². The highest BCUT2D eigenvalue weighted by atomic mass is 16.2. The Balaban J connectivity index is 1.77. The topological polar surface area (TPSA) is 20.3 Å². The molecule has 2 aliphatic rings. The van der Waals surface area contributed by atoms with E-state index in [0.717, 1.165) is 25.9 Å². The molecule has 0 N–H and O–H groups in total. The predicted octanol–water partition coefficient (Wildman–Crippen LogP) is 2.65. The van der Waals surface area contributed by atoms with Crippen LogP contribution < -0.4 is 0 Å². The Morgan fingerprint density at radius 3 is 2.47 bits per heavy atom. The van der Waals surface area contributed by atoms with Gasteiger partial charge >= 0.3 is 0 Å². The van der Waals surface area contributed by atoms with E-state index in [1.807, 2.05) is 0 Å². The van der Waals surface area contributed by atoms with Gasteiger partial charge in [0.15, 0.2) is 0 Å². The minimum absolute atomic E-state index is 0.285. The second kappa shape index (κ2) is 3.86. The molecule has 0 spiro atoms. The molecule has 1 aromatic carbocycles. The molecule has 1 aliphatic carbocycles. The summed E-state index contributed by atoms with van der Waals surface area (Å²) in [5.41, 5.74) is 3.01. The molecule has 1 saturated carbocycles. The molecular formula is C15H19NO. The normalized spacial score (nSPS) is 21.9. The van der Waals surface area contributed by atoms with E-state index in [1.54, 1.807) is 0 Å². The van der Waals surface area contributed by atoms with Crippen molar-refractivity contribution in [3.63, 3.8) is 0 Å². The van der Waals surface area contributed by atoms with Gasteiger partial charge in [-0.2, -0.15) is 0 Å². The summed E-state index contributed by atoms with van der Waals surface area (Å²) < 4.78 is 0. The van der Waals surface area contributed by atoms with E-state index in [-0.39, 0.29) is 5.41 Å². The van der Waals surface area contributed by atoms with E-state index in [1.165, 1.54) is 24.0 Å². The van der Waals surface area contributed by atoms with Gasteiger partial charge in [-0.15, -0.1) is 0 Å². The van der Waals surface area contributed by atoms with Crippen molar-refractivity contribution in [3.05, 3.63) is 35.4 Å². The van der Waals surface area contributed by atoms with Gasteiger partial charge in [0.2, 0.25) is 5.91 Å². The van der Waals surface area contributed by atoms with Crippen LogP contribution in [0, 0.1) is 6.92 Å². The Labute approximate surface area is 103 Å². The molecule has 2 nitrogen and oxygen atoms in total. The number of benzene rings is 1. The van der Waals surface area contributed by atoms with Gasteiger partial charge in [0, 0.05) is 24.9 Å². The van der Waals surface area contributed by atoms with E-state index in [4.69, 9.17) is 0 Å². The smallest absolute Gasteiger partial charge is 0.222 e. The van der Waals surface area contributed by atoms with E-state index in [9.17, 15) is 4.79 Å². The lowest BCUT2D eigenvalue weighted by atomic mass is 9.94. The number of amides is 1. The molecule has 1 amide bonds. The average Bonchev–Trinajstić information content (AvgIpc) is 2.99. The van der Waals surface area contributed by atoms with Gasteiger partial charge < -0.3 is 4.90 Å². The SMILES string of the molecule is Cc1ccc(C2(CN3CCCC3=O)CC2)cc1. The molecule has 1 heterocycles.